The minimum Gasteiger partial charge on any atom is -0.473 e. The summed E-state index contributed by atoms with van der Waals surface area (Å²) in [7, 11) is 1.67. The highest BCUT2D eigenvalue weighted by Gasteiger charge is 2.58. The average Bonchev–Trinajstić information content (AvgIpc) is 3.35. The van der Waals surface area contributed by atoms with Crippen molar-refractivity contribution in [1.82, 2.24) is 10.2 Å². The van der Waals surface area contributed by atoms with E-state index in [0.717, 1.165) is 18.6 Å². The summed E-state index contributed by atoms with van der Waals surface area (Å²) in [5.41, 5.74) is -1.06. The maximum absolute atomic E-state index is 13.7. The quantitative estimate of drug-likeness (QED) is 0.730. The van der Waals surface area contributed by atoms with Crippen LogP contribution in [-0.4, -0.2) is 68.8 Å². The standard InChI is InChI=1S/C23H29F3N2O5/c1-30-19-12-31-6-4-17(19)27-16-9-20-22(10-16,5-7-32-20)21(29)28-11-14-8-15(23(24,25)26)2-3-18(14)33-13-28/h2-3,8,16-17,19-20,27H,4-7,9-13H2,1H3/t16-,17+,19-,20-,22-/m1/s1. The van der Waals surface area contributed by atoms with E-state index in [2.05, 4.69) is 5.32 Å². The first-order valence-electron chi connectivity index (χ1n) is 11.4. The molecule has 4 aliphatic rings. The van der Waals surface area contributed by atoms with E-state index in [1.165, 1.54) is 11.0 Å². The number of halogens is 3. The van der Waals surface area contributed by atoms with Crippen LogP contribution in [0.25, 0.3) is 0 Å². The Bertz CT molecular complexity index is 897. The van der Waals surface area contributed by atoms with Gasteiger partial charge in [-0.1, -0.05) is 0 Å². The number of rotatable bonds is 4. The molecule has 0 unspecified atom stereocenters. The molecule has 3 aliphatic heterocycles. The number of ether oxygens (including phenoxy) is 4. The summed E-state index contributed by atoms with van der Waals surface area (Å²) >= 11 is 0. The van der Waals surface area contributed by atoms with Crippen molar-refractivity contribution < 1.29 is 36.9 Å². The van der Waals surface area contributed by atoms with Crippen molar-refractivity contribution in [3.63, 3.8) is 0 Å². The Kier molecular flexibility index (Phi) is 6.05. The molecule has 1 amide bonds. The van der Waals surface area contributed by atoms with E-state index in [1.807, 2.05) is 0 Å². The van der Waals surface area contributed by atoms with Crippen molar-refractivity contribution in [3.05, 3.63) is 29.3 Å². The number of fused-ring (bicyclic) bond motifs is 2. The number of nitrogens with one attached hydrogen (secondary N) is 1. The van der Waals surface area contributed by atoms with E-state index in [-0.39, 0.29) is 43.5 Å². The third kappa shape index (κ3) is 4.22. The maximum Gasteiger partial charge on any atom is 0.416 e. The number of methoxy groups -OCH3 is 1. The molecule has 182 valence electrons. The fourth-order valence-electron chi connectivity index (χ4n) is 5.77. The van der Waals surface area contributed by atoms with Crippen LogP contribution in [0.3, 0.4) is 0 Å². The molecule has 2 saturated heterocycles. The molecule has 1 aromatic rings. The van der Waals surface area contributed by atoms with Crippen molar-refractivity contribution >= 4 is 5.91 Å². The number of carbonyl (C=O) groups excluding carboxylic acids is 1. The van der Waals surface area contributed by atoms with Gasteiger partial charge in [0, 0.05) is 38.0 Å². The highest BCUT2D eigenvalue weighted by molar-refractivity contribution is 5.84. The molecule has 33 heavy (non-hydrogen) atoms. The first-order chi connectivity index (χ1) is 15.8. The van der Waals surface area contributed by atoms with Crippen LogP contribution in [0, 0.1) is 5.41 Å². The molecular formula is C23H29F3N2O5. The molecule has 3 heterocycles. The number of nitrogens with zero attached hydrogens (tertiary/aromatic N) is 1. The van der Waals surface area contributed by atoms with Crippen molar-refractivity contribution in [2.24, 2.45) is 5.41 Å². The fourth-order valence-corrected chi connectivity index (χ4v) is 5.77. The summed E-state index contributed by atoms with van der Waals surface area (Å²) < 4.78 is 62.2. The molecule has 1 aliphatic carbocycles. The molecular weight excluding hydrogens is 441 g/mol. The Morgan fingerprint density at radius 3 is 2.94 bits per heavy atom. The van der Waals surface area contributed by atoms with Crippen molar-refractivity contribution in [2.75, 3.05) is 33.7 Å². The lowest BCUT2D eigenvalue weighted by atomic mass is 9.80. The molecule has 5 rings (SSSR count). The third-order valence-corrected chi connectivity index (χ3v) is 7.49. The van der Waals surface area contributed by atoms with E-state index in [1.54, 1.807) is 7.11 Å². The summed E-state index contributed by atoms with van der Waals surface area (Å²) in [5, 5.41) is 3.66. The molecule has 0 radical (unpaired) electrons. The lowest BCUT2D eigenvalue weighted by Gasteiger charge is -2.37. The molecule has 0 aromatic heterocycles. The molecule has 1 saturated carbocycles. The lowest BCUT2D eigenvalue weighted by Crippen LogP contribution is -2.51. The number of hydrogen-bond acceptors (Lipinski definition) is 6. The number of hydrogen-bond donors (Lipinski definition) is 1. The number of alkyl halides is 3. The second-order valence-electron chi connectivity index (χ2n) is 9.41. The van der Waals surface area contributed by atoms with Gasteiger partial charge in [0.25, 0.3) is 0 Å². The number of benzene rings is 1. The zero-order valence-electron chi connectivity index (χ0n) is 18.5. The zero-order chi connectivity index (χ0) is 23.2. The second kappa shape index (κ2) is 8.72. The predicted molar refractivity (Wildman–Crippen MR) is 110 cm³/mol. The van der Waals surface area contributed by atoms with Crippen LogP contribution in [0.5, 0.6) is 5.75 Å². The lowest BCUT2D eigenvalue weighted by molar-refractivity contribution is -0.149. The Labute approximate surface area is 190 Å². The normalized spacial score (nSPS) is 34.0. The summed E-state index contributed by atoms with van der Waals surface area (Å²) in [6.45, 7) is 1.82. The van der Waals surface area contributed by atoms with Gasteiger partial charge in [-0.05, 0) is 43.9 Å². The van der Waals surface area contributed by atoms with Gasteiger partial charge >= 0.3 is 6.18 Å². The first-order valence-corrected chi connectivity index (χ1v) is 11.4. The van der Waals surface area contributed by atoms with Gasteiger partial charge in [0.1, 0.15) is 5.75 Å². The smallest absolute Gasteiger partial charge is 0.416 e. The van der Waals surface area contributed by atoms with E-state index in [9.17, 15) is 18.0 Å². The van der Waals surface area contributed by atoms with Crippen LogP contribution in [0.15, 0.2) is 18.2 Å². The Balaban J connectivity index is 1.31. The van der Waals surface area contributed by atoms with Gasteiger partial charge in [0.2, 0.25) is 5.91 Å². The Morgan fingerprint density at radius 2 is 2.15 bits per heavy atom. The van der Waals surface area contributed by atoms with Crippen LogP contribution in [0.4, 0.5) is 13.2 Å². The van der Waals surface area contributed by atoms with Crippen LogP contribution in [0.2, 0.25) is 0 Å². The highest BCUT2D eigenvalue weighted by Crippen LogP contribution is 2.49. The van der Waals surface area contributed by atoms with Gasteiger partial charge in [-0.2, -0.15) is 13.2 Å². The molecule has 7 nitrogen and oxygen atoms in total. The third-order valence-electron chi connectivity index (χ3n) is 7.49. The van der Waals surface area contributed by atoms with Gasteiger partial charge < -0.3 is 29.2 Å². The highest BCUT2D eigenvalue weighted by atomic mass is 19.4. The molecule has 0 spiro atoms. The van der Waals surface area contributed by atoms with Crippen LogP contribution in [0.1, 0.15) is 36.8 Å². The molecule has 5 atom stereocenters. The SMILES string of the molecule is CO[C@@H]1COCC[C@@H]1N[C@@H]1C[C@H]2OCC[C@@]2(C(=O)N2COc3ccc(C(F)(F)F)cc3C2)C1. The number of amides is 1. The van der Waals surface area contributed by atoms with Crippen molar-refractivity contribution in [1.29, 1.82) is 0 Å². The topological polar surface area (TPSA) is 69.3 Å². The maximum atomic E-state index is 13.7. The fraction of sp³-hybridized carbons (Fsp3) is 0.696. The van der Waals surface area contributed by atoms with Gasteiger partial charge in [-0.25, -0.2) is 0 Å². The van der Waals surface area contributed by atoms with Gasteiger partial charge in [0.15, 0.2) is 6.73 Å². The van der Waals surface area contributed by atoms with E-state index >= 15 is 0 Å². The first kappa shape index (κ1) is 22.9. The molecule has 10 heteroatoms. The summed E-state index contributed by atoms with van der Waals surface area (Å²) in [6.07, 6.45) is -1.94. The monoisotopic (exact) mass is 470 g/mol. The molecule has 3 fully saturated rings. The van der Waals surface area contributed by atoms with Crippen LogP contribution < -0.4 is 10.1 Å². The number of carbonyl (C=O) groups is 1. The van der Waals surface area contributed by atoms with E-state index in [4.69, 9.17) is 18.9 Å². The Morgan fingerprint density at radius 1 is 1.30 bits per heavy atom. The summed E-state index contributed by atoms with van der Waals surface area (Å²) in [6, 6.07) is 3.65. The minimum atomic E-state index is -4.45. The molecule has 1 N–H and O–H groups in total. The average molecular weight is 470 g/mol. The van der Waals surface area contributed by atoms with E-state index in [0.29, 0.717) is 50.4 Å². The zero-order valence-corrected chi connectivity index (χ0v) is 18.5. The van der Waals surface area contributed by atoms with Gasteiger partial charge in [-0.3, -0.25) is 4.79 Å². The molecule has 0 bridgehead atoms. The predicted octanol–water partition coefficient (Wildman–Crippen LogP) is 2.72. The van der Waals surface area contributed by atoms with Crippen LogP contribution in [-0.2, 0) is 31.7 Å². The van der Waals surface area contributed by atoms with Crippen molar-refractivity contribution in [3.8, 4) is 5.75 Å². The molecule has 1 aromatic carbocycles. The summed E-state index contributed by atoms with van der Waals surface area (Å²) in [5.74, 6) is 0.285. The van der Waals surface area contributed by atoms with Crippen molar-refractivity contribution in [2.45, 2.75) is 62.7 Å². The van der Waals surface area contributed by atoms with Gasteiger partial charge in [0.05, 0.1) is 36.3 Å². The van der Waals surface area contributed by atoms with Gasteiger partial charge in [-0.15, -0.1) is 0 Å². The second-order valence-corrected chi connectivity index (χ2v) is 9.41. The minimum absolute atomic E-state index is 0.0233. The van der Waals surface area contributed by atoms with E-state index < -0.39 is 17.2 Å². The summed E-state index contributed by atoms with van der Waals surface area (Å²) in [4.78, 5) is 15.3. The largest absolute Gasteiger partial charge is 0.473 e. The Hall–Kier alpha value is -1.88. The van der Waals surface area contributed by atoms with Crippen LogP contribution >= 0.6 is 0 Å².